The number of ether oxygens (including phenoxy) is 1. The highest BCUT2D eigenvalue weighted by molar-refractivity contribution is 5.55. The fourth-order valence-corrected chi connectivity index (χ4v) is 1.72. The van der Waals surface area contributed by atoms with Crippen molar-refractivity contribution in [3.05, 3.63) is 61.1 Å². The molecule has 0 bridgehead atoms. The Balaban J connectivity index is 1.86. The van der Waals surface area contributed by atoms with Crippen molar-refractivity contribution in [3.8, 4) is 22.9 Å². The molecule has 5 nitrogen and oxygen atoms in total. The molecule has 0 fully saturated rings. The number of pyridine rings is 3. The van der Waals surface area contributed by atoms with Crippen molar-refractivity contribution < 1.29 is 4.74 Å². The highest BCUT2D eigenvalue weighted by atomic mass is 16.5. The van der Waals surface area contributed by atoms with Gasteiger partial charge in [-0.2, -0.15) is 0 Å². The highest BCUT2D eigenvalue weighted by Gasteiger charge is 2.03. The lowest BCUT2D eigenvalue weighted by Crippen LogP contribution is -1.91. The second-order valence-corrected chi connectivity index (χ2v) is 4.11. The van der Waals surface area contributed by atoms with Crippen LogP contribution >= 0.6 is 0 Å². The Morgan fingerprint density at radius 1 is 0.800 bits per heavy atom. The van der Waals surface area contributed by atoms with E-state index in [4.69, 9.17) is 10.5 Å². The van der Waals surface area contributed by atoms with Crippen LogP contribution in [0.2, 0.25) is 0 Å². The average Bonchev–Trinajstić information content (AvgIpc) is 2.51. The van der Waals surface area contributed by atoms with Gasteiger partial charge in [0, 0.05) is 18.5 Å². The number of aromatic nitrogens is 3. The van der Waals surface area contributed by atoms with Crippen molar-refractivity contribution in [1.29, 1.82) is 0 Å². The average molecular weight is 264 g/mol. The largest absolute Gasteiger partial charge is 0.456 e. The van der Waals surface area contributed by atoms with E-state index in [2.05, 4.69) is 15.0 Å². The number of nitrogens with zero attached hydrogens (tertiary/aromatic N) is 3. The van der Waals surface area contributed by atoms with E-state index >= 15 is 0 Å². The maximum absolute atomic E-state index is 5.71. The van der Waals surface area contributed by atoms with Crippen LogP contribution < -0.4 is 10.5 Å². The number of hydrogen-bond donors (Lipinski definition) is 1. The summed E-state index contributed by atoms with van der Waals surface area (Å²) in [5.41, 5.74) is 7.09. The summed E-state index contributed by atoms with van der Waals surface area (Å²) in [7, 11) is 0. The molecule has 0 unspecified atom stereocenters. The van der Waals surface area contributed by atoms with Gasteiger partial charge >= 0.3 is 0 Å². The smallest absolute Gasteiger partial charge is 0.145 e. The lowest BCUT2D eigenvalue weighted by atomic mass is 10.2. The van der Waals surface area contributed by atoms with E-state index in [0.29, 0.717) is 17.3 Å². The quantitative estimate of drug-likeness (QED) is 0.787. The zero-order valence-corrected chi connectivity index (χ0v) is 10.6. The second-order valence-electron chi connectivity index (χ2n) is 4.11. The molecule has 98 valence electrons. The Kier molecular flexibility index (Phi) is 3.24. The molecule has 0 aliphatic rings. The van der Waals surface area contributed by atoms with Gasteiger partial charge in [0.2, 0.25) is 0 Å². The zero-order valence-electron chi connectivity index (χ0n) is 10.6. The molecule has 2 N–H and O–H groups in total. The zero-order chi connectivity index (χ0) is 13.8. The van der Waals surface area contributed by atoms with Crippen LogP contribution in [0.15, 0.2) is 61.1 Å². The molecule has 20 heavy (non-hydrogen) atoms. The van der Waals surface area contributed by atoms with Crippen molar-refractivity contribution in [2.45, 2.75) is 0 Å². The maximum atomic E-state index is 5.71. The van der Waals surface area contributed by atoms with E-state index in [1.165, 1.54) is 0 Å². The third kappa shape index (κ3) is 2.72. The Morgan fingerprint density at radius 2 is 1.70 bits per heavy atom. The number of rotatable bonds is 3. The summed E-state index contributed by atoms with van der Waals surface area (Å²) in [4.78, 5) is 12.5. The van der Waals surface area contributed by atoms with Crippen LogP contribution in [0.25, 0.3) is 11.4 Å². The van der Waals surface area contributed by atoms with E-state index in [-0.39, 0.29) is 0 Å². The normalized spacial score (nSPS) is 10.2. The Bertz CT molecular complexity index is 699. The summed E-state index contributed by atoms with van der Waals surface area (Å²) in [6, 6.07) is 12.8. The Morgan fingerprint density at radius 3 is 2.45 bits per heavy atom. The molecule has 0 atom stereocenters. The number of nitrogens with two attached hydrogens (primary N) is 1. The molecule has 3 aromatic heterocycles. The fourth-order valence-electron chi connectivity index (χ4n) is 1.72. The molecule has 3 heterocycles. The van der Waals surface area contributed by atoms with Gasteiger partial charge in [0.05, 0.1) is 17.6 Å². The minimum absolute atomic E-state index is 0.459. The van der Waals surface area contributed by atoms with E-state index in [9.17, 15) is 0 Å². The topological polar surface area (TPSA) is 73.9 Å². The fraction of sp³-hybridized carbons (Fsp3) is 0. The van der Waals surface area contributed by atoms with Crippen LogP contribution in [0.1, 0.15) is 0 Å². The lowest BCUT2D eigenvalue weighted by Gasteiger charge is -2.06. The molecule has 0 aromatic carbocycles. The predicted octanol–water partition coefficient (Wildman–Crippen LogP) is 2.91. The van der Waals surface area contributed by atoms with E-state index in [1.54, 1.807) is 36.8 Å². The summed E-state index contributed by atoms with van der Waals surface area (Å²) < 4.78 is 5.71. The van der Waals surface area contributed by atoms with Crippen molar-refractivity contribution in [3.63, 3.8) is 0 Å². The van der Waals surface area contributed by atoms with Crippen LogP contribution in [0.4, 0.5) is 5.82 Å². The molecule has 5 heteroatoms. The first-order chi connectivity index (χ1) is 9.81. The number of anilines is 1. The third-order valence-electron chi connectivity index (χ3n) is 2.65. The lowest BCUT2D eigenvalue weighted by molar-refractivity contribution is 0.480. The minimum Gasteiger partial charge on any atom is -0.456 e. The van der Waals surface area contributed by atoms with E-state index in [0.717, 1.165) is 11.4 Å². The molecular weight excluding hydrogens is 252 g/mol. The highest BCUT2D eigenvalue weighted by Crippen LogP contribution is 2.24. The second kappa shape index (κ2) is 5.36. The van der Waals surface area contributed by atoms with Gasteiger partial charge in [-0.1, -0.05) is 6.07 Å². The van der Waals surface area contributed by atoms with Crippen LogP contribution in [0.3, 0.4) is 0 Å². The molecule has 0 radical (unpaired) electrons. The first-order valence-electron chi connectivity index (χ1n) is 6.08. The van der Waals surface area contributed by atoms with Crippen LogP contribution in [-0.2, 0) is 0 Å². The molecule has 0 aliphatic heterocycles. The first kappa shape index (κ1) is 12.1. The van der Waals surface area contributed by atoms with Crippen molar-refractivity contribution >= 4 is 5.82 Å². The summed E-state index contributed by atoms with van der Waals surface area (Å²) in [6.45, 7) is 0. The summed E-state index contributed by atoms with van der Waals surface area (Å²) in [5.74, 6) is 1.76. The summed E-state index contributed by atoms with van der Waals surface area (Å²) in [6.07, 6.45) is 4.99. The predicted molar refractivity (Wildman–Crippen MR) is 76.2 cm³/mol. The molecule has 0 aliphatic carbocycles. The van der Waals surface area contributed by atoms with Gasteiger partial charge in [0.15, 0.2) is 0 Å². The summed E-state index contributed by atoms with van der Waals surface area (Å²) in [5, 5.41) is 0. The van der Waals surface area contributed by atoms with Gasteiger partial charge in [-0.05, 0) is 30.3 Å². The number of hydrogen-bond acceptors (Lipinski definition) is 5. The molecule has 0 saturated heterocycles. The maximum Gasteiger partial charge on any atom is 0.145 e. The van der Waals surface area contributed by atoms with Gasteiger partial charge in [-0.25, -0.2) is 4.98 Å². The minimum atomic E-state index is 0.459. The van der Waals surface area contributed by atoms with Gasteiger partial charge in [-0.3, -0.25) is 9.97 Å². The molecule has 0 saturated carbocycles. The van der Waals surface area contributed by atoms with Gasteiger partial charge in [-0.15, -0.1) is 0 Å². The third-order valence-corrected chi connectivity index (χ3v) is 2.65. The summed E-state index contributed by atoms with van der Waals surface area (Å²) >= 11 is 0. The Labute approximate surface area is 116 Å². The molecular formula is C15H12N4O. The van der Waals surface area contributed by atoms with Gasteiger partial charge in [0.25, 0.3) is 0 Å². The molecule has 3 aromatic rings. The Hall–Kier alpha value is -2.95. The van der Waals surface area contributed by atoms with Crippen molar-refractivity contribution in [1.82, 2.24) is 15.0 Å². The van der Waals surface area contributed by atoms with Gasteiger partial charge < -0.3 is 10.5 Å². The van der Waals surface area contributed by atoms with E-state index in [1.807, 2.05) is 24.3 Å². The first-order valence-corrected chi connectivity index (χ1v) is 6.08. The van der Waals surface area contributed by atoms with Crippen molar-refractivity contribution in [2.24, 2.45) is 0 Å². The molecule has 0 spiro atoms. The monoisotopic (exact) mass is 264 g/mol. The number of nitrogen functional groups attached to an aromatic ring is 1. The van der Waals surface area contributed by atoms with Crippen LogP contribution in [-0.4, -0.2) is 15.0 Å². The van der Waals surface area contributed by atoms with Crippen molar-refractivity contribution in [2.75, 3.05) is 5.73 Å². The molecule has 3 rings (SSSR count). The van der Waals surface area contributed by atoms with Crippen LogP contribution in [0.5, 0.6) is 11.5 Å². The van der Waals surface area contributed by atoms with Gasteiger partial charge in [0.1, 0.15) is 17.3 Å². The van der Waals surface area contributed by atoms with Crippen LogP contribution in [0, 0.1) is 0 Å². The molecule has 0 amide bonds. The standard InChI is InChI=1S/C15H12N4O/c16-15-5-4-12(10-19-15)20-11-6-8-18-14(9-11)13-3-1-2-7-17-13/h1-10H,(H2,16,19). The van der Waals surface area contributed by atoms with E-state index < -0.39 is 0 Å². The SMILES string of the molecule is Nc1ccc(Oc2ccnc(-c3ccccn3)c2)cn1.